The van der Waals surface area contributed by atoms with E-state index in [1.165, 1.54) is 0 Å². The molecule has 2 unspecified atom stereocenters. The molecule has 35 heavy (non-hydrogen) atoms. The van der Waals surface area contributed by atoms with Gasteiger partial charge in [-0.1, -0.05) is 0 Å². The van der Waals surface area contributed by atoms with Crippen molar-refractivity contribution in [2.45, 2.75) is 41.8 Å². The second-order valence-electron chi connectivity index (χ2n) is 6.05. The summed E-state index contributed by atoms with van der Waals surface area (Å²) >= 11 is 0. The molecule has 0 aromatic heterocycles. The highest BCUT2D eigenvalue weighted by Crippen LogP contribution is 2.58. The summed E-state index contributed by atoms with van der Waals surface area (Å²) in [4.78, 5) is 0. The lowest BCUT2D eigenvalue weighted by Crippen LogP contribution is -2.68. The zero-order chi connectivity index (χ0) is 28.1. The van der Waals surface area contributed by atoms with Gasteiger partial charge in [0.2, 0.25) is 0 Å². The Balaban J connectivity index is 0.000000400. The van der Waals surface area contributed by atoms with Crippen molar-refractivity contribution < 1.29 is 98.0 Å². The maximum atomic E-state index is 13.5. The van der Waals surface area contributed by atoms with Gasteiger partial charge in [0, 0.05) is 0 Å². The lowest BCUT2D eigenvalue weighted by atomic mass is 9.97. The third-order valence-corrected chi connectivity index (χ3v) is 3.63. The summed E-state index contributed by atoms with van der Waals surface area (Å²) in [5.41, 5.74) is 0. The van der Waals surface area contributed by atoms with E-state index >= 15 is 0 Å². The molecular formula is C13H4F18O4. The predicted molar refractivity (Wildman–Crippen MR) is 67.2 cm³/mol. The third-order valence-electron chi connectivity index (χ3n) is 3.63. The van der Waals surface area contributed by atoms with E-state index in [2.05, 4.69) is 18.9 Å². The van der Waals surface area contributed by atoms with Gasteiger partial charge in [-0.15, -0.1) is 0 Å². The molecule has 2 saturated heterocycles. The van der Waals surface area contributed by atoms with Crippen LogP contribution in [0, 0.1) is 0 Å². The van der Waals surface area contributed by atoms with Crippen LogP contribution in [-0.4, -0.2) is 55.0 Å². The molecule has 0 aromatic carbocycles. The van der Waals surface area contributed by atoms with Crippen LogP contribution in [0.5, 0.6) is 0 Å². The summed E-state index contributed by atoms with van der Waals surface area (Å²) < 4.78 is 234. The van der Waals surface area contributed by atoms with Crippen molar-refractivity contribution in [3.63, 3.8) is 0 Å². The van der Waals surface area contributed by atoms with E-state index in [1.807, 2.05) is 0 Å². The molecule has 2 atom stereocenters. The topological polar surface area (TPSA) is 36.9 Å². The van der Waals surface area contributed by atoms with Gasteiger partial charge in [0.05, 0.1) is 0 Å². The average Bonchev–Trinajstić information content (AvgIpc) is 3.26. The summed E-state index contributed by atoms with van der Waals surface area (Å²) in [5, 5.41) is 0. The fourth-order valence-corrected chi connectivity index (χ4v) is 1.82. The van der Waals surface area contributed by atoms with Gasteiger partial charge in [0.1, 0.15) is 0 Å². The maximum Gasteiger partial charge on any atom is 0.464 e. The zero-order valence-electron chi connectivity index (χ0n) is 15.4. The molecule has 22 heteroatoms. The summed E-state index contributed by atoms with van der Waals surface area (Å²) in [7, 11) is 0. The Hall–Kier alpha value is -2.58. The number of halogens is 18. The van der Waals surface area contributed by atoms with Gasteiger partial charge in [0.15, 0.2) is 13.2 Å². The summed E-state index contributed by atoms with van der Waals surface area (Å²) in [6, 6.07) is 0. The molecule has 0 spiro atoms. The van der Waals surface area contributed by atoms with E-state index < -0.39 is 79.1 Å². The Morgan fingerprint density at radius 3 is 1.17 bits per heavy atom. The molecule has 4 nitrogen and oxygen atoms in total. The number of alkyl halides is 14. The van der Waals surface area contributed by atoms with Crippen LogP contribution in [0.1, 0.15) is 0 Å². The Morgan fingerprint density at radius 2 is 0.914 bits per heavy atom. The van der Waals surface area contributed by atoms with Crippen molar-refractivity contribution in [2.75, 3.05) is 13.2 Å². The van der Waals surface area contributed by atoms with Gasteiger partial charge in [0.25, 0.3) is 0 Å². The molecule has 0 aliphatic carbocycles. The Morgan fingerprint density at radius 1 is 0.571 bits per heavy atom. The van der Waals surface area contributed by atoms with Crippen molar-refractivity contribution in [3.8, 4) is 0 Å². The van der Waals surface area contributed by atoms with Gasteiger partial charge in [-0.2, -0.15) is 79.0 Å². The van der Waals surface area contributed by atoms with E-state index in [4.69, 9.17) is 0 Å². The minimum Gasteiger partial charge on any atom is -0.454 e. The van der Waals surface area contributed by atoms with E-state index in [-0.39, 0.29) is 0 Å². The molecule has 2 rings (SSSR count). The molecule has 0 amide bonds. The van der Waals surface area contributed by atoms with Crippen LogP contribution >= 0.6 is 0 Å². The van der Waals surface area contributed by atoms with Gasteiger partial charge in [-0.25, -0.2) is 0 Å². The SMILES string of the molecule is FC(F)=C1OCC(F)(C(F)(F)C(F)(F)C(F)(F)C(F)(F)F)O1.FC(F)=C1OCC(F)(C(F)(F)F)O1. The van der Waals surface area contributed by atoms with Crippen LogP contribution in [0.4, 0.5) is 79.0 Å². The fraction of sp³-hybridized carbons (Fsp3) is 0.692. The minimum atomic E-state index is -7.38. The second kappa shape index (κ2) is 8.82. The average molecular weight is 566 g/mol. The van der Waals surface area contributed by atoms with Crippen molar-refractivity contribution in [1.29, 1.82) is 0 Å². The molecular weight excluding hydrogens is 562 g/mol. The number of hydrogen-bond acceptors (Lipinski definition) is 4. The zero-order valence-corrected chi connectivity index (χ0v) is 15.4. The van der Waals surface area contributed by atoms with Gasteiger partial charge in [-0.3, -0.25) is 0 Å². The lowest BCUT2D eigenvalue weighted by Gasteiger charge is -2.37. The number of rotatable bonds is 3. The van der Waals surface area contributed by atoms with Gasteiger partial charge >= 0.3 is 65.9 Å². The molecule has 0 N–H and O–H groups in total. The van der Waals surface area contributed by atoms with Gasteiger partial charge in [-0.05, 0) is 0 Å². The normalized spacial score (nSPS) is 25.7. The molecule has 2 aliphatic rings. The molecule has 2 fully saturated rings. The molecule has 0 aromatic rings. The first kappa shape index (κ1) is 30.5. The highest BCUT2D eigenvalue weighted by molar-refractivity contribution is 5.10. The predicted octanol–water partition coefficient (Wildman–Crippen LogP) is 6.56. The van der Waals surface area contributed by atoms with Crippen LogP contribution in [0.2, 0.25) is 0 Å². The highest BCUT2D eigenvalue weighted by Gasteiger charge is 2.88. The third kappa shape index (κ3) is 5.19. The number of ether oxygens (including phenoxy) is 4. The first-order valence-corrected chi connectivity index (χ1v) is 7.66. The highest BCUT2D eigenvalue weighted by atomic mass is 19.4. The van der Waals surface area contributed by atoms with E-state index in [1.54, 1.807) is 0 Å². The van der Waals surface area contributed by atoms with Crippen LogP contribution in [0.3, 0.4) is 0 Å². The minimum absolute atomic E-state index is 1.62. The van der Waals surface area contributed by atoms with Crippen LogP contribution in [0.15, 0.2) is 24.1 Å². The quantitative estimate of drug-likeness (QED) is 0.363. The first-order chi connectivity index (χ1) is 15.3. The monoisotopic (exact) mass is 566 g/mol. The van der Waals surface area contributed by atoms with Crippen molar-refractivity contribution in [3.05, 3.63) is 24.1 Å². The Kier molecular flexibility index (Phi) is 7.67. The number of hydrogen-bond donors (Lipinski definition) is 0. The van der Waals surface area contributed by atoms with E-state index in [0.717, 1.165) is 0 Å². The Labute approximate surface area is 178 Å². The van der Waals surface area contributed by atoms with Crippen molar-refractivity contribution in [2.24, 2.45) is 0 Å². The van der Waals surface area contributed by atoms with Crippen molar-refractivity contribution >= 4 is 0 Å². The van der Waals surface area contributed by atoms with Crippen LogP contribution in [0.25, 0.3) is 0 Å². The maximum absolute atomic E-state index is 13.5. The van der Waals surface area contributed by atoms with Crippen LogP contribution in [-0.2, 0) is 18.9 Å². The first-order valence-electron chi connectivity index (χ1n) is 7.66. The van der Waals surface area contributed by atoms with E-state index in [9.17, 15) is 79.0 Å². The smallest absolute Gasteiger partial charge is 0.454 e. The van der Waals surface area contributed by atoms with Crippen molar-refractivity contribution in [1.82, 2.24) is 0 Å². The molecule has 206 valence electrons. The largest absolute Gasteiger partial charge is 0.464 e. The fourth-order valence-electron chi connectivity index (χ4n) is 1.82. The molecule has 2 aliphatic heterocycles. The summed E-state index contributed by atoms with van der Waals surface area (Å²) in [6.45, 7) is -4.08. The second-order valence-corrected chi connectivity index (χ2v) is 6.05. The summed E-state index contributed by atoms with van der Waals surface area (Å²) in [6.07, 6.45) is -18.3. The van der Waals surface area contributed by atoms with Crippen LogP contribution < -0.4 is 0 Å². The molecule has 2 heterocycles. The molecule has 0 radical (unpaired) electrons. The standard InChI is InChI=1S/C8H2F12O2.C5H2F6O2/c9-2(10)3-21-1-4(11,22-3)5(12,13)6(14,15)7(16,17)8(18,19)20;6-2(7)3-12-1-4(8,13-3)5(9,10)11/h1H2;1H2. The summed E-state index contributed by atoms with van der Waals surface area (Å²) in [5.74, 6) is -35.2. The lowest BCUT2D eigenvalue weighted by molar-refractivity contribution is -0.426. The van der Waals surface area contributed by atoms with Gasteiger partial charge < -0.3 is 18.9 Å². The Bertz CT molecular complexity index is 851. The molecule has 0 saturated carbocycles. The van der Waals surface area contributed by atoms with E-state index in [0.29, 0.717) is 0 Å². The molecule has 0 bridgehead atoms.